The van der Waals surface area contributed by atoms with Crippen molar-refractivity contribution in [1.29, 1.82) is 0 Å². The summed E-state index contributed by atoms with van der Waals surface area (Å²) in [5.74, 6) is 0.757. The maximum atomic E-state index is 12.2. The quantitative estimate of drug-likeness (QED) is 0.387. The maximum Gasteiger partial charge on any atom is 0.250 e. The number of hydrazone groups is 1. The number of carbonyl (C=O) groups is 1. The van der Waals surface area contributed by atoms with Crippen molar-refractivity contribution >= 4 is 29.5 Å². The van der Waals surface area contributed by atoms with Gasteiger partial charge in [-0.3, -0.25) is 14.3 Å². The van der Waals surface area contributed by atoms with Crippen molar-refractivity contribution in [1.82, 2.24) is 25.2 Å². The second-order valence-electron chi connectivity index (χ2n) is 6.49. The van der Waals surface area contributed by atoms with Crippen molar-refractivity contribution in [3.05, 3.63) is 71.8 Å². The van der Waals surface area contributed by atoms with Gasteiger partial charge >= 0.3 is 0 Å². The van der Waals surface area contributed by atoms with Crippen molar-refractivity contribution in [2.45, 2.75) is 24.9 Å². The molecular formula is C21H20N6OS. The Hall–Kier alpha value is -3.26. The van der Waals surface area contributed by atoms with E-state index in [9.17, 15) is 4.79 Å². The van der Waals surface area contributed by atoms with Crippen LogP contribution >= 0.6 is 11.8 Å². The molecule has 146 valence electrons. The molecule has 0 radical (unpaired) electrons. The standard InChI is InChI=1S/C21H20N6OS/c1-15-24-26-21(27(15)18-10-3-2-4-11-18)29-14-19(28)25-23-13-17-8-5-7-16-9-6-12-22-20(16)17/h2-4,6,8-13H,5,7,14H2,1H3,(H,25,28)/b23-13+. The first-order chi connectivity index (χ1) is 14.2. The van der Waals surface area contributed by atoms with E-state index in [0.29, 0.717) is 5.16 Å². The van der Waals surface area contributed by atoms with E-state index in [0.717, 1.165) is 35.6 Å². The predicted octanol–water partition coefficient (Wildman–Crippen LogP) is 3.19. The number of hydrogen-bond donors (Lipinski definition) is 1. The van der Waals surface area contributed by atoms with Crippen LogP contribution < -0.4 is 5.43 Å². The topological polar surface area (TPSA) is 85.1 Å². The van der Waals surface area contributed by atoms with Crippen molar-refractivity contribution in [2.24, 2.45) is 5.10 Å². The summed E-state index contributed by atoms with van der Waals surface area (Å²) in [6.45, 7) is 1.89. The Morgan fingerprint density at radius 3 is 2.97 bits per heavy atom. The van der Waals surface area contributed by atoms with Crippen LogP contribution in [0.25, 0.3) is 11.3 Å². The molecule has 1 amide bonds. The van der Waals surface area contributed by atoms with E-state index in [-0.39, 0.29) is 11.7 Å². The Bertz CT molecular complexity index is 1070. The molecule has 0 atom stereocenters. The molecule has 1 aliphatic rings. The molecule has 4 rings (SSSR count). The number of amides is 1. The zero-order valence-electron chi connectivity index (χ0n) is 15.9. The first-order valence-corrected chi connectivity index (χ1v) is 10.3. The van der Waals surface area contributed by atoms with Gasteiger partial charge in [-0.1, -0.05) is 42.1 Å². The maximum absolute atomic E-state index is 12.2. The average Bonchev–Trinajstić information content (AvgIpc) is 3.13. The minimum Gasteiger partial charge on any atom is -0.274 e. The van der Waals surface area contributed by atoms with Crippen LogP contribution in [0.2, 0.25) is 0 Å². The number of aromatic nitrogens is 4. The van der Waals surface area contributed by atoms with Crippen LogP contribution in [0.4, 0.5) is 0 Å². The predicted molar refractivity (Wildman–Crippen MR) is 114 cm³/mol. The van der Waals surface area contributed by atoms with E-state index in [2.05, 4.69) is 37.9 Å². The zero-order valence-corrected chi connectivity index (χ0v) is 16.8. The number of fused-ring (bicyclic) bond motifs is 1. The number of aryl methyl sites for hydroxylation is 2. The lowest BCUT2D eigenvalue weighted by atomic mass is 9.96. The van der Waals surface area contributed by atoms with E-state index in [1.807, 2.05) is 47.9 Å². The summed E-state index contributed by atoms with van der Waals surface area (Å²) < 4.78 is 1.93. The Balaban J connectivity index is 1.36. The highest BCUT2D eigenvalue weighted by atomic mass is 32.2. The molecule has 0 fully saturated rings. The summed E-state index contributed by atoms with van der Waals surface area (Å²) in [6.07, 6.45) is 7.43. The molecule has 7 nitrogen and oxygen atoms in total. The van der Waals surface area contributed by atoms with Gasteiger partial charge < -0.3 is 0 Å². The zero-order chi connectivity index (χ0) is 20.1. The molecule has 0 saturated heterocycles. The second kappa shape index (κ2) is 8.83. The Morgan fingerprint density at radius 2 is 2.10 bits per heavy atom. The number of rotatable bonds is 6. The Kier molecular flexibility index (Phi) is 5.81. The number of carbonyl (C=O) groups excluding carboxylic acids is 1. The van der Waals surface area contributed by atoms with Gasteiger partial charge in [-0.25, -0.2) is 5.43 Å². The molecule has 1 N–H and O–H groups in total. The smallest absolute Gasteiger partial charge is 0.250 e. The number of nitrogens with one attached hydrogen (secondary N) is 1. The van der Waals surface area contributed by atoms with E-state index in [1.165, 1.54) is 17.3 Å². The minimum absolute atomic E-state index is 0.191. The summed E-state index contributed by atoms with van der Waals surface area (Å²) in [6, 6.07) is 13.8. The molecule has 3 aromatic rings. The number of pyridine rings is 1. The van der Waals surface area contributed by atoms with Gasteiger partial charge in [0.15, 0.2) is 5.16 Å². The highest BCUT2D eigenvalue weighted by Gasteiger charge is 2.14. The van der Waals surface area contributed by atoms with Crippen LogP contribution in [0.15, 0.2) is 65.0 Å². The van der Waals surface area contributed by atoms with Gasteiger partial charge in [-0.15, -0.1) is 10.2 Å². The van der Waals surface area contributed by atoms with Crippen LogP contribution in [0.1, 0.15) is 23.5 Å². The number of nitrogens with zero attached hydrogens (tertiary/aromatic N) is 5. The number of allylic oxidation sites excluding steroid dienone is 2. The fraction of sp³-hybridized carbons (Fsp3) is 0.190. The number of benzene rings is 1. The van der Waals surface area contributed by atoms with Crippen molar-refractivity contribution in [2.75, 3.05) is 5.75 Å². The molecule has 29 heavy (non-hydrogen) atoms. The van der Waals surface area contributed by atoms with Crippen molar-refractivity contribution in [3.8, 4) is 5.69 Å². The molecule has 0 saturated carbocycles. The van der Waals surface area contributed by atoms with Gasteiger partial charge in [0.2, 0.25) is 0 Å². The molecule has 8 heteroatoms. The van der Waals surface area contributed by atoms with E-state index < -0.39 is 0 Å². The molecule has 2 aromatic heterocycles. The molecule has 0 unspecified atom stereocenters. The Labute approximate surface area is 173 Å². The SMILES string of the molecule is Cc1nnc(SCC(=O)N/N=C/C2=CCCc3cccnc32)n1-c1ccccc1. The molecule has 1 aromatic carbocycles. The van der Waals surface area contributed by atoms with Gasteiger partial charge in [0, 0.05) is 17.5 Å². The van der Waals surface area contributed by atoms with E-state index >= 15 is 0 Å². The molecule has 1 aliphatic carbocycles. The number of thioether (sulfide) groups is 1. The van der Waals surface area contributed by atoms with E-state index in [1.54, 1.807) is 12.4 Å². The highest BCUT2D eigenvalue weighted by molar-refractivity contribution is 7.99. The van der Waals surface area contributed by atoms with Gasteiger partial charge in [-0.2, -0.15) is 5.10 Å². The first-order valence-electron chi connectivity index (χ1n) is 9.29. The number of para-hydroxylation sites is 1. The molecule has 0 bridgehead atoms. The summed E-state index contributed by atoms with van der Waals surface area (Å²) in [7, 11) is 0. The highest BCUT2D eigenvalue weighted by Crippen LogP contribution is 2.23. The first kappa shape index (κ1) is 19.1. The third-order valence-corrected chi connectivity index (χ3v) is 5.41. The van der Waals surface area contributed by atoms with Crippen molar-refractivity contribution in [3.63, 3.8) is 0 Å². The molecule has 2 heterocycles. The lowest BCUT2D eigenvalue weighted by molar-refractivity contribution is -0.118. The summed E-state index contributed by atoms with van der Waals surface area (Å²) in [4.78, 5) is 16.6. The summed E-state index contributed by atoms with van der Waals surface area (Å²) >= 11 is 1.32. The van der Waals surface area contributed by atoms with Crippen LogP contribution in [0.3, 0.4) is 0 Å². The van der Waals surface area contributed by atoms with Crippen LogP contribution in [-0.4, -0.2) is 37.6 Å². The minimum atomic E-state index is -0.204. The van der Waals surface area contributed by atoms with E-state index in [4.69, 9.17) is 0 Å². The second-order valence-corrected chi connectivity index (χ2v) is 7.43. The molecule has 0 aliphatic heterocycles. The average molecular weight is 404 g/mol. The third-order valence-electron chi connectivity index (χ3n) is 4.48. The third kappa shape index (κ3) is 4.43. The van der Waals surface area contributed by atoms with Crippen LogP contribution in [0, 0.1) is 6.92 Å². The largest absolute Gasteiger partial charge is 0.274 e. The van der Waals surface area contributed by atoms with Gasteiger partial charge in [0.05, 0.1) is 17.7 Å². The fourth-order valence-corrected chi connectivity index (χ4v) is 3.93. The van der Waals surface area contributed by atoms with Crippen LogP contribution in [0.5, 0.6) is 0 Å². The van der Waals surface area contributed by atoms with Crippen LogP contribution in [-0.2, 0) is 11.2 Å². The normalized spacial score (nSPS) is 13.2. The van der Waals surface area contributed by atoms with Gasteiger partial charge in [0.1, 0.15) is 5.82 Å². The molecular weight excluding hydrogens is 384 g/mol. The van der Waals surface area contributed by atoms with Crippen molar-refractivity contribution < 1.29 is 4.79 Å². The molecule has 0 spiro atoms. The van der Waals surface area contributed by atoms with Gasteiger partial charge in [0.25, 0.3) is 5.91 Å². The fourth-order valence-electron chi connectivity index (χ4n) is 3.14. The lowest BCUT2D eigenvalue weighted by Crippen LogP contribution is -2.20. The Morgan fingerprint density at radius 1 is 1.24 bits per heavy atom. The lowest BCUT2D eigenvalue weighted by Gasteiger charge is -2.13. The monoisotopic (exact) mass is 404 g/mol. The van der Waals surface area contributed by atoms with Gasteiger partial charge in [-0.05, 0) is 43.5 Å². The summed E-state index contributed by atoms with van der Waals surface area (Å²) in [5, 5.41) is 13.1. The summed E-state index contributed by atoms with van der Waals surface area (Å²) in [5.41, 5.74) is 6.61. The number of hydrogen-bond acceptors (Lipinski definition) is 6.